The second kappa shape index (κ2) is 10.7. The summed E-state index contributed by atoms with van der Waals surface area (Å²) in [5.41, 5.74) is 1.81. The predicted molar refractivity (Wildman–Crippen MR) is 111 cm³/mol. The third-order valence-electron chi connectivity index (χ3n) is 4.41. The summed E-state index contributed by atoms with van der Waals surface area (Å²) in [6.07, 6.45) is 0.853. The van der Waals surface area contributed by atoms with E-state index in [0.29, 0.717) is 11.6 Å². The number of nitrogens with one attached hydrogen (secondary N) is 2. The van der Waals surface area contributed by atoms with E-state index in [1.54, 1.807) is 30.3 Å². The summed E-state index contributed by atoms with van der Waals surface area (Å²) < 4.78 is 31.3. The lowest BCUT2D eigenvalue weighted by Gasteiger charge is -2.11. The van der Waals surface area contributed by atoms with Gasteiger partial charge in [-0.05, 0) is 42.2 Å². The average Bonchev–Trinajstić information content (AvgIpc) is 2.73. The van der Waals surface area contributed by atoms with Gasteiger partial charge in [-0.15, -0.1) is 0 Å². The maximum Gasteiger partial charge on any atom is 0.307 e. The fourth-order valence-electron chi connectivity index (χ4n) is 2.52. The lowest BCUT2D eigenvalue weighted by molar-refractivity contribution is -0.147. The summed E-state index contributed by atoms with van der Waals surface area (Å²) in [4.78, 5) is 23.8. The van der Waals surface area contributed by atoms with Gasteiger partial charge in [-0.25, -0.2) is 13.1 Å². The van der Waals surface area contributed by atoms with Crippen LogP contribution >= 0.6 is 0 Å². The number of anilines is 1. The summed E-state index contributed by atoms with van der Waals surface area (Å²) in [5.74, 6) is -0.678. The molecule has 7 nitrogen and oxygen atoms in total. The van der Waals surface area contributed by atoms with Gasteiger partial charge in [-0.1, -0.05) is 44.2 Å². The Morgan fingerprint density at radius 3 is 2.31 bits per heavy atom. The first-order valence-electron chi connectivity index (χ1n) is 9.42. The molecule has 2 N–H and O–H groups in total. The van der Waals surface area contributed by atoms with Crippen molar-refractivity contribution >= 4 is 27.6 Å². The van der Waals surface area contributed by atoms with Crippen molar-refractivity contribution in [2.24, 2.45) is 0 Å². The van der Waals surface area contributed by atoms with Crippen molar-refractivity contribution in [1.29, 1.82) is 0 Å². The molecular formula is C21H26N2O5S. The summed E-state index contributed by atoms with van der Waals surface area (Å²) in [6, 6.07) is 15.4. The summed E-state index contributed by atoms with van der Waals surface area (Å²) in [7, 11) is -3.68. The number of carbonyl (C=O) groups excluding carboxylic acids is 2. The van der Waals surface area contributed by atoms with Crippen molar-refractivity contribution in [3.63, 3.8) is 0 Å². The highest BCUT2D eigenvalue weighted by atomic mass is 32.2. The number of sulfonamides is 1. The molecule has 0 fully saturated rings. The Balaban J connectivity index is 1.71. The highest BCUT2D eigenvalue weighted by Crippen LogP contribution is 2.20. The molecular weight excluding hydrogens is 392 g/mol. The Labute approximate surface area is 171 Å². The fourth-order valence-corrected chi connectivity index (χ4v) is 3.57. The van der Waals surface area contributed by atoms with Crippen LogP contribution in [-0.2, 0) is 24.3 Å². The molecule has 2 aromatic rings. The lowest BCUT2D eigenvalue weighted by Crippen LogP contribution is -2.27. The van der Waals surface area contributed by atoms with Gasteiger partial charge < -0.3 is 10.1 Å². The molecule has 156 valence electrons. The van der Waals surface area contributed by atoms with E-state index in [0.717, 1.165) is 6.42 Å². The van der Waals surface area contributed by atoms with Gasteiger partial charge in [0.25, 0.3) is 5.91 Å². The van der Waals surface area contributed by atoms with E-state index in [1.165, 1.54) is 17.7 Å². The van der Waals surface area contributed by atoms with Gasteiger partial charge in [0.05, 0.1) is 11.3 Å². The average molecular weight is 419 g/mol. The zero-order chi connectivity index (χ0) is 21.3. The van der Waals surface area contributed by atoms with Crippen LogP contribution in [0.5, 0.6) is 0 Å². The van der Waals surface area contributed by atoms with Crippen LogP contribution in [-0.4, -0.2) is 33.4 Å². The molecule has 8 heteroatoms. The van der Waals surface area contributed by atoms with Crippen molar-refractivity contribution in [3.8, 4) is 0 Å². The van der Waals surface area contributed by atoms with E-state index in [1.807, 2.05) is 12.1 Å². The predicted octanol–water partition coefficient (Wildman–Crippen LogP) is 3.05. The van der Waals surface area contributed by atoms with Crippen molar-refractivity contribution in [2.75, 3.05) is 18.5 Å². The molecule has 0 saturated carbocycles. The van der Waals surface area contributed by atoms with E-state index in [2.05, 4.69) is 23.9 Å². The smallest absolute Gasteiger partial charge is 0.307 e. The number of ether oxygens (including phenoxy) is 1. The minimum atomic E-state index is -3.68. The standard InChI is InChI=1S/C21H26N2O5S/c1-3-16(2)17-9-11-18(12-10-17)23-20(24)15-28-21(25)13-14-22-29(26,27)19-7-5-4-6-8-19/h4-12,16,22H,3,13-15H2,1-2H3,(H,23,24)/t16-/m1/s1. The van der Waals surface area contributed by atoms with Gasteiger partial charge in [0, 0.05) is 12.2 Å². The van der Waals surface area contributed by atoms with Crippen LogP contribution < -0.4 is 10.0 Å². The van der Waals surface area contributed by atoms with Crippen LogP contribution in [0.15, 0.2) is 59.5 Å². The van der Waals surface area contributed by atoms with Crippen LogP contribution in [0, 0.1) is 0 Å². The molecule has 0 bridgehead atoms. The van der Waals surface area contributed by atoms with Crippen LogP contribution in [0.1, 0.15) is 38.2 Å². The fraction of sp³-hybridized carbons (Fsp3) is 0.333. The zero-order valence-corrected chi connectivity index (χ0v) is 17.4. The molecule has 0 aliphatic carbocycles. The Kier molecular flexibility index (Phi) is 8.35. The maximum atomic E-state index is 12.0. The molecule has 0 aliphatic heterocycles. The Morgan fingerprint density at radius 1 is 1.03 bits per heavy atom. The maximum absolute atomic E-state index is 12.0. The van der Waals surface area contributed by atoms with Gasteiger partial charge in [0.1, 0.15) is 0 Å². The number of carbonyl (C=O) groups is 2. The molecule has 2 rings (SSSR count). The highest BCUT2D eigenvalue weighted by molar-refractivity contribution is 7.89. The largest absolute Gasteiger partial charge is 0.456 e. The summed E-state index contributed by atoms with van der Waals surface area (Å²) >= 11 is 0. The minimum Gasteiger partial charge on any atom is -0.456 e. The molecule has 1 atom stereocenters. The van der Waals surface area contributed by atoms with Gasteiger partial charge in [-0.2, -0.15) is 0 Å². The number of amides is 1. The first kappa shape index (κ1) is 22.6. The molecule has 29 heavy (non-hydrogen) atoms. The number of esters is 1. The Bertz CT molecular complexity index is 912. The van der Waals surface area contributed by atoms with Crippen molar-refractivity contribution in [2.45, 2.75) is 37.5 Å². The third kappa shape index (κ3) is 7.32. The van der Waals surface area contributed by atoms with Crippen LogP contribution in [0.25, 0.3) is 0 Å². The molecule has 0 heterocycles. The number of benzene rings is 2. The second-order valence-electron chi connectivity index (χ2n) is 6.60. The Hall–Kier alpha value is -2.71. The first-order valence-corrected chi connectivity index (χ1v) is 10.9. The monoisotopic (exact) mass is 418 g/mol. The van der Waals surface area contributed by atoms with Gasteiger partial charge >= 0.3 is 5.97 Å². The molecule has 0 spiro atoms. The lowest BCUT2D eigenvalue weighted by atomic mass is 9.99. The zero-order valence-electron chi connectivity index (χ0n) is 16.6. The molecule has 0 radical (unpaired) electrons. The quantitative estimate of drug-likeness (QED) is 0.578. The molecule has 2 aromatic carbocycles. The van der Waals surface area contributed by atoms with E-state index in [-0.39, 0.29) is 17.9 Å². The molecule has 0 aliphatic rings. The molecule has 0 unspecified atom stereocenters. The molecule has 1 amide bonds. The minimum absolute atomic E-state index is 0.116. The van der Waals surface area contributed by atoms with E-state index in [9.17, 15) is 18.0 Å². The van der Waals surface area contributed by atoms with Crippen LogP contribution in [0.2, 0.25) is 0 Å². The first-order chi connectivity index (χ1) is 13.8. The Morgan fingerprint density at radius 2 is 1.69 bits per heavy atom. The molecule has 0 saturated heterocycles. The number of rotatable bonds is 10. The molecule has 0 aromatic heterocycles. The van der Waals surface area contributed by atoms with Crippen molar-refractivity contribution < 1.29 is 22.7 Å². The topological polar surface area (TPSA) is 102 Å². The SMILES string of the molecule is CC[C@@H](C)c1ccc(NC(=O)COC(=O)CCNS(=O)(=O)c2ccccc2)cc1. The van der Waals surface area contributed by atoms with Gasteiger partial charge in [0.15, 0.2) is 6.61 Å². The highest BCUT2D eigenvalue weighted by Gasteiger charge is 2.14. The van der Waals surface area contributed by atoms with Crippen molar-refractivity contribution in [1.82, 2.24) is 4.72 Å². The van der Waals surface area contributed by atoms with E-state index >= 15 is 0 Å². The van der Waals surface area contributed by atoms with Crippen molar-refractivity contribution in [3.05, 3.63) is 60.2 Å². The normalized spacial score (nSPS) is 12.2. The summed E-state index contributed by atoms with van der Waals surface area (Å²) in [5, 5.41) is 2.66. The second-order valence-corrected chi connectivity index (χ2v) is 8.37. The van der Waals surface area contributed by atoms with Gasteiger partial charge in [-0.3, -0.25) is 9.59 Å². The van der Waals surface area contributed by atoms with Gasteiger partial charge in [0.2, 0.25) is 10.0 Å². The number of hydrogen-bond donors (Lipinski definition) is 2. The summed E-state index contributed by atoms with van der Waals surface area (Å²) in [6.45, 7) is 3.69. The van der Waals surface area contributed by atoms with E-state index < -0.39 is 28.5 Å². The van der Waals surface area contributed by atoms with Crippen LogP contribution in [0.3, 0.4) is 0 Å². The third-order valence-corrected chi connectivity index (χ3v) is 5.89. The van der Waals surface area contributed by atoms with Crippen LogP contribution in [0.4, 0.5) is 5.69 Å². The van der Waals surface area contributed by atoms with E-state index in [4.69, 9.17) is 4.74 Å². The number of hydrogen-bond acceptors (Lipinski definition) is 5.